The van der Waals surface area contributed by atoms with Gasteiger partial charge >= 0.3 is 0 Å². The van der Waals surface area contributed by atoms with Crippen LogP contribution in [0.3, 0.4) is 0 Å². The Balaban J connectivity index is 1.40. The summed E-state index contributed by atoms with van der Waals surface area (Å²) in [5, 5.41) is 5.98. The van der Waals surface area contributed by atoms with Crippen LogP contribution in [0.2, 0.25) is 0 Å². The first-order valence-corrected chi connectivity index (χ1v) is 11.3. The van der Waals surface area contributed by atoms with Gasteiger partial charge in [0.25, 0.3) is 5.91 Å². The number of benzene rings is 1. The molecule has 4 heterocycles. The van der Waals surface area contributed by atoms with Crippen molar-refractivity contribution in [1.82, 2.24) is 15.0 Å². The lowest BCUT2D eigenvalue weighted by molar-refractivity contribution is 0.103. The van der Waals surface area contributed by atoms with E-state index in [1.807, 2.05) is 53.9 Å². The SMILES string of the molecule is COc1ccc(-c2ccc3c(N)c(C(=O)Nc4nc(-c5cccnc5)cs4)sc3n2)cc1. The van der Waals surface area contributed by atoms with Crippen molar-refractivity contribution in [3.8, 4) is 28.3 Å². The smallest absolute Gasteiger partial charge is 0.269 e. The molecule has 5 rings (SSSR count). The predicted octanol–water partition coefficient (Wildman–Crippen LogP) is 5.32. The van der Waals surface area contributed by atoms with Crippen molar-refractivity contribution in [3.05, 3.63) is 71.2 Å². The average molecular weight is 460 g/mol. The largest absolute Gasteiger partial charge is 0.497 e. The molecule has 0 aliphatic rings. The summed E-state index contributed by atoms with van der Waals surface area (Å²) in [5.74, 6) is 0.478. The van der Waals surface area contributed by atoms with E-state index in [1.54, 1.807) is 19.5 Å². The normalized spacial score (nSPS) is 10.9. The van der Waals surface area contributed by atoms with Gasteiger partial charge < -0.3 is 10.5 Å². The molecule has 32 heavy (non-hydrogen) atoms. The number of aromatic nitrogens is 3. The maximum Gasteiger partial charge on any atom is 0.269 e. The van der Waals surface area contributed by atoms with Crippen molar-refractivity contribution < 1.29 is 9.53 Å². The van der Waals surface area contributed by atoms with Gasteiger partial charge in [-0.3, -0.25) is 15.1 Å². The van der Waals surface area contributed by atoms with E-state index in [1.165, 1.54) is 22.7 Å². The highest BCUT2D eigenvalue weighted by atomic mass is 32.1. The van der Waals surface area contributed by atoms with Crippen LogP contribution in [0.15, 0.2) is 66.3 Å². The van der Waals surface area contributed by atoms with Crippen molar-refractivity contribution in [2.24, 2.45) is 0 Å². The number of ether oxygens (including phenoxy) is 1. The third-order valence-electron chi connectivity index (χ3n) is 4.87. The Morgan fingerprint density at radius 3 is 2.62 bits per heavy atom. The molecule has 1 aromatic carbocycles. The zero-order chi connectivity index (χ0) is 22.1. The number of nitrogens with zero attached hydrogens (tertiary/aromatic N) is 3. The van der Waals surface area contributed by atoms with Crippen molar-refractivity contribution in [1.29, 1.82) is 0 Å². The van der Waals surface area contributed by atoms with Gasteiger partial charge in [-0.1, -0.05) is 0 Å². The molecule has 0 spiro atoms. The minimum atomic E-state index is -0.302. The molecule has 9 heteroatoms. The molecule has 3 N–H and O–H groups in total. The lowest BCUT2D eigenvalue weighted by Crippen LogP contribution is -2.11. The molecule has 7 nitrogen and oxygen atoms in total. The molecule has 4 aromatic heterocycles. The molecule has 0 unspecified atom stereocenters. The van der Waals surface area contributed by atoms with E-state index >= 15 is 0 Å². The number of nitrogens with one attached hydrogen (secondary N) is 1. The number of hydrogen-bond donors (Lipinski definition) is 2. The first-order chi connectivity index (χ1) is 15.6. The molecule has 0 saturated heterocycles. The van der Waals surface area contributed by atoms with Crippen LogP contribution < -0.4 is 15.8 Å². The Kier molecular flexibility index (Phi) is 5.26. The Morgan fingerprint density at radius 1 is 1.03 bits per heavy atom. The first kappa shape index (κ1) is 20.1. The van der Waals surface area contributed by atoms with Crippen molar-refractivity contribution in [2.75, 3.05) is 18.2 Å². The van der Waals surface area contributed by atoms with Crippen LogP contribution in [0.25, 0.3) is 32.7 Å². The number of carbonyl (C=O) groups is 1. The fourth-order valence-corrected chi connectivity index (χ4v) is 4.92. The molecule has 0 bridgehead atoms. The fourth-order valence-electron chi connectivity index (χ4n) is 3.22. The highest BCUT2D eigenvalue weighted by molar-refractivity contribution is 7.21. The van der Waals surface area contributed by atoms with Crippen molar-refractivity contribution in [3.63, 3.8) is 0 Å². The Morgan fingerprint density at radius 2 is 1.88 bits per heavy atom. The Labute approximate surface area is 191 Å². The molecule has 0 saturated carbocycles. The van der Waals surface area contributed by atoms with E-state index < -0.39 is 0 Å². The lowest BCUT2D eigenvalue weighted by Gasteiger charge is -2.03. The summed E-state index contributed by atoms with van der Waals surface area (Å²) in [6.07, 6.45) is 3.44. The number of carbonyl (C=O) groups excluding carboxylic acids is 1. The first-order valence-electron chi connectivity index (χ1n) is 9.63. The molecule has 158 valence electrons. The van der Waals surface area contributed by atoms with Crippen LogP contribution in [0.5, 0.6) is 5.75 Å². The minimum absolute atomic E-state index is 0.302. The summed E-state index contributed by atoms with van der Waals surface area (Å²) in [6.45, 7) is 0. The van der Waals surface area contributed by atoms with Gasteiger partial charge in [0, 0.05) is 34.3 Å². The molecule has 5 aromatic rings. The number of hydrogen-bond acceptors (Lipinski definition) is 8. The second-order valence-corrected chi connectivity index (χ2v) is 8.71. The monoisotopic (exact) mass is 459 g/mol. The fraction of sp³-hybridized carbons (Fsp3) is 0.0435. The summed E-state index contributed by atoms with van der Waals surface area (Å²) in [4.78, 5) is 27.3. The number of nitrogens with two attached hydrogens (primary N) is 1. The molecule has 0 aliphatic heterocycles. The van der Waals surface area contributed by atoms with Crippen LogP contribution >= 0.6 is 22.7 Å². The zero-order valence-corrected chi connectivity index (χ0v) is 18.5. The molecule has 1 amide bonds. The number of rotatable bonds is 5. The number of methoxy groups -OCH3 is 1. The van der Waals surface area contributed by atoms with Gasteiger partial charge in [0.05, 0.1) is 24.2 Å². The van der Waals surface area contributed by atoms with Crippen LogP contribution in [0, 0.1) is 0 Å². The van der Waals surface area contributed by atoms with Crippen LogP contribution in [0.4, 0.5) is 10.8 Å². The highest BCUT2D eigenvalue weighted by Gasteiger charge is 2.19. The van der Waals surface area contributed by atoms with E-state index in [9.17, 15) is 4.79 Å². The van der Waals surface area contributed by atoms with Gasteiger partial charge in [-0.05, 0) is 48.5 Å². The number of anilines is 2. The lowest BCUT2D eigenvalue weighted by atomic mass is 10.1. The number of pyridine rings is 2. The standard InChI is InChI=1S/C23H17N5O2S2/c1-30-15-6-4-13(5-7-15)17-9-8-16-19(24)20(32-22(16)26-17)21(29)28-23-27-18(12-31-23)14-3-2-10-25-11-14/h2-12H,24H2,1H3,(H,27,28,29). The predicted molar refractivity (Wildman–Crippen MR) is 129 cm³/mol. The summed E-state index contributed by atoms with van der Waals surface area (Å²) in [7, 11) is 1.63. The van der Waals surface area contributed by atoms with Gasteiger partial charge in [-0.15, -0.1) is 22.7 Å². The van der Waals surface area contributed by atoms with E-state index in [4.69, 9.17) is 15.5 Å². The number of fused-ring (bicyclic) bond motifs is 1. The van der Waals surface area contributed by atoms with Crippen molar-refractivity contribution >= 4 is 49.6 Å². The second-order valence-electron chi connectivity index (χ2n) is 6.86. The van der Waals surface area contributed by atoms with Gasteiger partial charge in [0.15, 0.2) is 5.13 Å². The molecule has 0 radical (unpaired) electrons. The molecule has 0 aliphatic carbocycles. The molecule has 0 atom stereocenters. The van der Waals surface area contributed by atoms with Crippen LogP contribution in [-0.2, 0) is 0 Å². The Bertz CT molecular complexity index is 1410. The topological polar surface area (TPSA) is 103 Å². The number of thiophene rings is 1. The summed E-state index contributed by atoms with van der Waals surface area (Å²) in [5.41, 5.74) is 10.1. The van der Waals surface area contributed by atoms with Gasteiger partial charge in [-0.25, -0.2) is 9.97 Å². The minimum Gasteiger partial charge on any atom is -0.497 e. The second kappa shape index (κ2) is 8.37. The van der Waals surface area contributed by atoms with E-state index in [2.05, 4.69) is 15.3 Å². The summed E-state index contributed by atoms with van der Waals surface area (Å²) in [6, 6.07) is 15.2. The van der Waals surface area contributed by atoms with Crippen molar-refractivity contribution in [2.45, 2.75) is 0 Å². The molecular weight excluding hydrogens is 442 g/mol. The number of nitrogen functional groups attached to an aromatic ring is 1. The third kappa shape index (κ3) is 3.79. The van der Waals surface area contributed by atoms with Crippen LogP contribution in [-0.4, -0.2) is 28.0 Å². The molecular formula is C23H17N5O2S2. The van der Waals surface area contributed by atoms with E-state index in [0.717, 1.165) is 33.7 Å². The summed E-state index contributed by atoms with van der Waals surface area (Å²) >= 11 is 2.61. The quantitative estimate of drug-likeness (QED) is 0.368. The molecule has 0 fully saturated rings. The summed E-state index contributed by atoms with van der Waals surface area (Å²) < 4.78 is 5.21. The average Bonchev–Trinajstić information content (AvgIpc) is 3.44. The van der Waals surface area contributed by atoms with E-state index in [0.29, 0.717) is 20.5 Å². The highest BCUT2D eigenvalue weighted by Crippen LogP contribution is 2.35. The maximum atomic E-state index is 12.9. The zero-order valence-electron chi connectivity index (χ0n) is 16.9. The van der Waals surface area contributed by atoms with Gasteiger partial charge in [-0.2, -0.15) is 0 Å². The third-order valence-corrected chi connectivity index (χ3v) is 6.74. The number of thiazole rings is 1. The number of amides is 1. The Hall–Kier alpha value is -3.82. The van der Waals surface area contributed by atoms with Gasteiger partial charge in [0.2, 0.25) is 0 Å². The van der Waals surface area contributed by atoms with Crippen LogP contribution in [0.1, 0.15) is 9.67 Å². The van der Waals surface area contributed by atoms with Gasteiger partial charge in [0.1, 0.15) is 15.5 Å². The maximum absolute atomic E-state index is 12.9. The van der Waals surface area contributed by atoms with E-state index in [-0.39, 0.29) is 5.91 Å².